The lowest BCUT2D eigenvalue weighted by Crippen LogP contribution is -2.36. The molecule has 1 aromatic heterocycles. The molecule has 0 unspecified atom stereocenters. The van der Waals surface area contributed by atoms with Crippen LogP contribution in [0.2, 0.25) is 0 Å². The van der Waals surface area contributed by atoms with Crippen LogP contribution < -0.4 is 0 Å². The number of aromatic carboxylic acids is 1. The number of piperidine rings is 1. The van der Waals surface area contributed by atoms with Crippen LogP contribution in [-0.2, 0) is 11.3 Å². The number of nitrogens with zero attached hydrogens (tertiary/aromatic N) is 1. The summed E-state index contributed by atoms with van der Waals surface area (Å²) >= 11 is 0. The van der Waals surface area contributed by atoms with Gasteiger partial charge in [0, 0.05) is 18.7 Å². The van der Waals surface area contributed by atoms with Crippen molar-refractivity contribution in [3.05, 3.63) is 23.2 Å². The zero-order valence-electron chi connectivity index (χ0n) is 11.7. The summed E-state index contributed by atoms with van der Waals surface area (Å²) in [6.07, 6.45) is 2.06. The molecule has 1 saturated heterocycles. The molecule has 2 heterocycles. The van der Waals surface area contributed by atoms with Crippen molar-refractivity contribution >= 4 is 5.97 Å². The highest BCUT2D eigenvalue weighted by atomic mass is 16.5. The normalized spacial score (nSPS) is 17.5. The number of carboxylic acids is 1. The first-order chi connectivity index (χ1) is 9.60. The Morgan fingerprint density at radius 2 is 2.20 bits per heavy atom. The van der Waals surface area contributed by atoms with Crippen LogP contribution in [0.4, 0.5) is 0 Å². The van der Waals surface area contributed by atoms with E-state index >= 15 is 0 Å². The zero-order valence-corrected chi connectivity index (χ0v) is 11.7. The minimum Gasteiger partial charge on any atom is -0.475 e. The molecule has 6 heteroatoms. The molecule has 0 amide bonds. The van der Waals surface area contributed by atoms with Crippen molar-refractivity contribution < 1.29 is 24.2 Å². The van der Waals surface area contributed by atoms with E-state index in [2.05, 4.69) is 4.90 Å². The van der Waals surface area contributed by atoms with E-state index in [1.807, 2.05) is 0 Å². The summed E-state index contributed by atoms with van der Waals surface area (Å²) in [5, 5.41) is 17.7. The van der Waals surface area contributed by atoms with Gasteiger partial charge in [0.1, 0.15) is 5.76 Å². The van der Waals surface area contributed by atoms with Gasteiger partial charge in [0.05, 0.1) is 25.9 Å². The Bertz CT molecular complexity index is 448. The maximum absolute atomic E-state index is 10.9. The molecule has 0 bridgehead atoms. The van der Waals surface area contributed by atoms with E-state index in [-0.39, 0.29) is 18.5 Å². The molecular weight excluding hydrogens is 262 g/mol. The Morgan fingerprint density at radius 3 is 2.75 bits per heavy atom. The van der Waals surface area contributed by atoms with Crippen molar-refractivity contribution in [2.24, 2.45) is 0 Å². The van der Waals surface area contributed by atoms with Crippen molar-refractivity contribution in [3.63, 3.8) is 0 Å². The number of furan rings is 1. The summed E-state index contributed by atoms with van der Waals surface area (Å²) in [7, 11) is 0. The fourth-order valence-electron chi connectivity index (χ4n) is 2.51. The van der Waals surface area contributed by atoms with E-state index in [1.165, 1.54) is 0 Å². The van der Waals surface area contributed by atoms with Crippen LogP contribution >= 0.6 is 0 Å². The van der Waals surface area contributed by atoms with Crippen molar-refractivity contribution in [1.82, 2.24) is 4.90 Å². The van der Waals surface area contributed by atoms with Crippen molar-refractivity contribution in [1.29, 1.82) is 0 Å². The summed E-state index contributed by atoms with van der Waals surface area (Å²) in [6, 6.07) is 1.79. The second-order valence-corrected chi connectivity index (χ2v) is 5.10. The van der Waals surface area contributed by atoms with Crippen LogP contribution in [0.15, 0.2) is 10.5 Å². The standard InChI is InChI=1S/C14H21NO5/c1-10-8-12(20-13(10)14(17)18)9-15-4-2-11(3-5-15)19-7-6-16/h8,11,16H,2-7,9H2,1H3,(H,17,18). The Kier molecular flexibility index (Phi) is 5.17. The first-order valence-electron chi connectivity index (χ1n) is 6.87. The maximum Gasteiger partial charge on any atom is 0.372 e. The Balaban J connectivity index is 1.83. The highest BCUT2D eigenvalue weighted by Crippen LogP contribution is 2.20. The number of aryl methyl sites for hydroxylation is 1. The van der Waals surface area contributed by atoms with E-state index in [0.717, 1.165) is 25.9 Å². The minimum absolute atomic E-state index is 0.0289. The molecule has 1 aliphatic rings. The number of carbonyl (C=O) groups is 1. The number of hydrogen-bond donors (Lipinski definition) is 2. The number of aliphatic hydroxyl groups is 1. The van der Waals surface area contributed by atoms with Gasteiger partial charge in [0.25, 0.3) is 0 Å². The lowest BCUT2D eigenvalue weighted by molar-refractivity contribution is -0.00996. The predicted octanol–water partition coefficient (Wildman–Crippen LogP) is 1.26. The van der Waals surface area contributed by atoms with Crippen molar-refractivity contribution in [2.75, 3.05) is 26.3 Å². The minimum atomic E-state index is -1.02. The second kappa shape index (κ2) is 6.88. The van der Waals surface area contributed by atoms with E-state index < -0.39 is 5.97 Å². The largest absolute Gasteiger partial charge is 0.475 e. The van der Waals surface area contributed by atoms with Gasteiger partial charge in [-0.2, -0.15) is 0 Å². The number of ether oxygens (including phenoxy) is 1. The van der Waals surface area contributed by atoms with Crippen molar-refractivity contribution in [2.45, 2.75) is 32.4 Å². The molecule has 2 N–H and O–H groups in total. The molecule has 1 aliphatic heterocycles. The smallest absolute Gasteiger partial charge is 0.372 e. The molecule has 0 saturated carbocycles. The van der Waals surface area contributed by atoms with Gasteiger partial charge >= 0.3 is 5.97 Å². The molecule has 0 spiro atoms. The third-order valence-electron chi connectivity index (χ3n) is 3.52. The summed E-state index contributed by atoms with van der Waals surface area (Å²) < 4.78 is 10.9. The van der Waals surface area contributed by atoms with Crippen LogP contribution in [0.25, 0.3) is 0 Å². The molecule has 112 valence electrons. The summed E-state index contributed by atoms with van der Waals surface area (Å²) in [5.41, 5.74) is 0.661. The lowest BCUT2D eigenvalue weighted by atomic mass is 10.1. The average Bonchev–Trinajstić information content (AvgIpc) is 2.79. The number of aliphatic hydroxyl groups excluding tert-OH is 1. The molecular formula is C14H21NO5. The van der Waals surface area contributed by atoms with Gasteiger partial charge in [-0.15, -0.1) is 0 Å². The molecule has 0 aliphatic carbocycles. The fourth-order valence-corrected chi connectivity index (χ4v) is 2.51. The molecule has 0 aromatic carbocycles. The molecule has 1 aromatic rings. The fraction of sp³-hybridized carbons (Fsp3) is 0.643. The molecule has 0 radical (unpaired) electrons. The number of likely N-dealkylation sites (tertiary alicyclic amines) is 1. The Labute approximate surface area is 117 Å². The van der Waals surface area contributed by atoms with Crippen LogP contribution in [0.3, 0.4) is 0 Å². The summed E-state index contributed by atoms with van der Waals surface area (Å²) in [4.78, 5) is 13.2. The number of rotatable bonds is 6. The zero-order chi connectivity index (χ0) is 14.5. The van der Waals surface area contributed by atoms with Gasteiger partial charge in [-0.05, 0) is 25.8 Å². The van der Waals surface area contributed by atoms with Gasteiger partial charge in [-0.3, -0.25) is 4.90 Å². The second-order valence-electron chi connectivity index (χ2n) is 5.10. The average molecular weight is 283 g/mol. The Hall–Kier alpha value is -1.37. The molecule has 2 rings (SSSR count). The van der Waals surface area contributed by atoms with Gasteiger partial charge in [0.2, 0.25) is 5.76 Å². The third kappa shape index (κ3) is 3.82. The highest BCUT2D eigenvalue weighted by Gasteiger charge is 2.21. The quantitative estimate of drug-likeness (QED) is 0.818. The summed E-state index contributed by atoms with van der Waals surface area (Å²) in [5.74, 6) is -0.305. The predicted molar refractivity (Wildman–Crippen MR) is 71.7 cm³/mol. The first-order valence-corrected chi connectivity index (χ1v) is 6.87. The monoisotopic (exact) mass is 283 g/mol. The molecule has 20 heavy (non-hydrogen) atoms. The third-order valence-corrected chi connectivity index (χ3v) is 3.52. The lowest BCUT2D eigenvalue weighted by Gasteiger charge is -2.31. The number of hydrogen-bond acceptors (Lipinski definition) is 5. The number of carboxylic acid groups (broad SMARTS) is 1. The molecule has 0 atom stereocenters. The van der Waals surface area contributed by atoms with E-state index in [0.29, 0.717) is 24.5 Å². The molecule has 1 fully saturated rings. The van der Waals surface area contributed by atoms with Gasteiger partial charge in [-0.1, -0.05) is 0 Å². The van der Waals surface area contributed by atoms with Gasteiger partial charge < -0.3 is 19.4 Å². The van der Waals surface area contributed by atoms with Gasteiger partial charge in [-0.25, -0.2) is 4.79 Å². The van der Waals surface area contributed by atoms with Crippen LogP contribution in [0, 0.1) is 6.92 Å². The van der Waals surface area contributed by atoms with Crippen molar-refractivity contribution in [3.8, 4) is 0 Å². The first kappa shape index (κ1) is 15.0. The van der Waals surface area contributed by atoms with E-state index in [1.54, 1.807) is 13.0 Å². The topological polar surface area (TPSA) is 83.1 Å². The summed E-state index contributed by atoms with van der Waals surface area (Å²) in [6.45, 7) is 4.59. The van der Waals surface area contributed by atoms with E-state index in [9.17, 15) is 4.79 Å². The Morgan fingerprint density at radius 1 is 1.50 bits per heavy atom. The van der Waals surface area contributed by atoms with Gasteiger partial charge in [0.15, 0.2) is 0 Å². The SMILES string of the molecule is Cc1cc(CN2CCC(OCCO)CC2)oc1C(=O)O. The van der Waals surface area contributed by atoms with Crippen LogP contribution in [0.5, 0.6) is 0 Å². The van der Waals surface area contributed by atoms with E-state index in [4.69, 9.17) is 19.4 Å². The maximum atomic E-state index is 10.9. The molecule has 6 nitrogen and oxygen atoms in total. The van der Waals surface area contributed by atoms with Crippen LogP contribution in [0.1, 0.15) is 34.7 Å². The highest BCUT2D eigenvalue weighted by molar-refractivity contribution is 5.86. The van der Waals surface area contributed by atoms with Crippen LogP contribution in [-0.4, -0.2) is 53.5 Å².